The van der Waals surface area contributed by atoms with Crippen molar-refractivity contribution in [2.45, 2.75) is 6.92 Å². The summed E-state index contributed by atoms with van der Waals surface area (Å²) in [5.74, 6) is 0. The summed E-state index contributed by atoms with van der Waals surface area (Å²) in [6.45, 7) is 1.79. The fourth-order valence-electron chi connectivity index (χ4n) is 0.327. The number of nitrogens with one attached hydrogen (secondary N) is 1. The number of nitrogens with zero attached hydrogens (tertiary/aromatic N) is 1. The van der Waals surface area contributed by atoms with Crippen molar-refractivity contribution in [1.29, 1.82) is 0 Å². The Bertz CT molecular complexity index is 138. The number of amides is 1. The zero-order valence-electron chi connectivity index (χ0n) is 5.59. The lowest BCUT2D eigenvalue weighted by molar-refractivity contribution is -0.108. The minimum Gasteiger partial charge on any atom is -0.333 e. The molecule has 0 heterocycles. The highest BCUT2D eigenvalue weighted by molar-refractivity contribution is 5.72. The predicted octanol–water partition coefficient (Wildman–Crippen LogP) is 0.337. The Morgan fingerprint density at radius 1 is 1.67 bits per heavy atom. The van der Waals surface area contributed by atoms with Gasteiger partial charge in [-0.3, -0.25) is 9.79 Å². The Hall–Kier alpha value is -1.12. The lowest BCUT2D eigenvalue weighted by Crippen LogP contribution is -2.06. The molecule has 0 aromatic rings. The molecule has 0 fully saturated rings. The lowest BCUT2D eigenvalue weighted by Gasteiger charge is -1.91. The third kappa shape index (κ3) is 4.74. The Morgan fingerprint density at radius 2 is 2.33 bits per heavy atom. The summed E-state index contributed by atoms with van der Waals surface area (Å²) >= 11 is 0. The zero-order chi connectivity index (χ0) is 7.11. The molecule has 0 aliphatic heterocycles. The van der Waals surface area contributed by atoms with E-state index in [1.807, 2.05) is 0 Å². The maximum Gasteiger partial charge on any atom is 0.211 e. The van der Waals surface area contributed by atoms with Gasteiger partial charge in [-0.1, -0.05) is 0 Å². The van der Waals surface area contributed by atoms with Gasteiger partial charge < -0.3 is 5.32 Å². The van der Waals surface area contributed by atoms with Crippen molar-refractivity contribution in [1.82, 2.24) is 5.32 Å². The molecule has 0 atom stereocenters. The topological polar surface area (TPSA) is 41.5 Å². The van der Waals surface area contributed by atoms with Crippen molar-refractivity contribution in [2.75, 3.05) is 7.05 Å². The van der Waals surface area contributed by atoms with Crippen LogP contribution < -0.4 is 5.32 Å². The fourth-order valence-corrected chi connectivity index (χ4v) is 0.327. The molecular weight excluding hydrogens is 116 g/mol. The quantitative estimate of drug-likeness (QED) is 0.430. The highest BCUT2D eigenvalue weighted by atomic mass is 16.1. The molecule has 0 aliphatic carbocycles. The summed E-state index contributed by atoms with van der Waals surface area (Å²) in [6, 6.07) is 0. The van der Waals surface area contributed by atoms with Crippen LogP contribution in [0.15, 0.2) is 16.8 Å². The smallest absolute Gasteiger partial charge is 0.211 e. The second-order valence-corrected chi connectivity index (χ2v) is 1.52. The van der Waals surface area contributed by atoms with E-state index in [-0.39, 0.29) is 0 Å². The third-order valence-corrected chi connectivity index (χ3v) is 0.760. The summed E-state index contributed by atoms with van der Waals surface area (Å²) < 4.78 is 0. The van der Waals surface area contributed by atoms with Crippen LogP contribution in [-0.2, 0) is 4.79 Å². The van der Waals surface area contributed by atoms with Gasteiger partial charge >= 0.3 is 0 Å². The van der Waals surface area contributed by atoms with Crippen LogP contribution in [0.2, 0.25) is 0 Å². The number of aliphatic imine (C=N–C) groups is 1. The molecule has 0 saturated carbocycles. The average Bonchev–Trinajstić information content (AvgIpc) is 1.85. The predicted molar refractivity (Wildman–Crippen MR) is 37.4 cm³/mol. The van der Waals surface area contributed by atoms with Crippen molar-refractivity contribution in [2.24, 2.45) is 4.99 Å². The summed E-state index contributed by atoms with van der Waals surface area (Å²) in [7, 11) is 1.67. The number of allylic oxidation sites excluding steroid dienone is 2. The van der Waals surface area contributed by atoms with E-state index in [4.69, 9.17) is 0 Å². The van der Waals surface area contributed by atoms with E-state index in [1.165, 1.54) is 0 Å². The van der Waals surface area contributed by atoms with Gasteiger partial charge in [0.25, 0.3) is 0 Å². The molecule has 0 rings (SSSR count). The van der Waals surface area contributed by atoms with Crippen LogP contribution in [0.25, 0.3) is 0 Å². The van der Waals surface area contributed by atoms with E-state index >= 15 is 0 Å². The summed E-state index contributed by atoms with van der Waals surface area (Å²) in [5.41, 5.74) is 0.788. The third-order valence-electron chi connectivity index (χ3n) is 0.760. The molecule has 0 unspecified atom stereocenters. The van der Waals surface area contributed by atoms with Gasteiger partial charge in [-0.05, 0) is 13.0 Å². The Morgan fingerprint density at radius 3 is 2.78 bits per heavy atom. The van der Waals surface area contributed by atoms with E-state index in [0.29, 0.717) is 6.41 Å². The minimum absolute atomic E-state index is 0.634. The molecule has 9 heavy (non-hydrogen) atoms. The van der Waals surface area contributed by atoms with Gasteiger partial charge in [0.2, 0.25) is 6.41 Å². The number of hydrogen-bond donors (Lipinski definition) is 1. The molecule has 0 bridgehead atoms. The van der Waals surface area contributed by atoms with Crippen molar-refractivity contribution in [3.63, 3.8) is 0 Å². The molecule has 0 radical (unpaired) electrons. The first-order valence-electron chi connectivity index (χ1n) is 2.60. The standard InChI is InChI=1S/C6H10N2O/c1-6(8-5-9)3-4-7-2/h3-5H,1-2H3,(H,8,9)/b6-3-,7-4?. The Kier molecular flexibility index (Phi) is 4.40. The summed E-state index contributed by atoms with van der Waals surface area (Å²) in [5, 5.41) is 2.47. The normalized spacial score (nSPS) is 12.0. The van der Waals surface area contributed by atoms with Crippen LogP contribution in [0.4, 0.5) is 0 Å². The molecular formula is C6H10N2O. The van der Waals surface area contributed by atoms with Crippen molar-refractivity contribution < 1.29 is 4.79 Å². The number of hydrogen-bond acceptors (Lipinski definition) is 2. The van der Waals surface area contributed by atoms with E-state index in [9.17, 15) is 4.79 Å². The van der Waals surface area contributed by atoms with E-state index < -0.39 is 0 Å². The molecule has 0 spiro atoms. The summed E-state index contributed by atoms with van der Waals surface area (Å²) in [6.07, 6.45) is 3.97. The van der Waals surface area contributed by atoms with Crippen molar-refractivity contribution in [3.05, 3.63) is 11.8 Å². The van der Waals surface area contributed by atoms with Crippen LogP contribution in [0, 0.1) is 0 Å². The van der Waals surface area contributed by atoms with Gasteiger partial charge in [-0.2, -0.15) is 0 Å². The maximum absolute atomic E-state index is 9.78. The molecule has 3 heteroatoms. The Labute approximate surface area is 54.5 Å². The molecule has 50 valence electrons. The van der Waals surface area contributed by atoms with Gasteiger partial charge in [0, 0.05) is 19.0 Å². The van der Waals surface area contributed by atoms with Crippen LogP contribution in [0.3, 0.4) is 0 Å². The SMILES string of the molecule is CN=C/C=C(/C)NC=O. The van der Waals surface area contributed by atoms with Gasteiger partial charge in [-0.15, -0.1) is 0 Å². The lowest BCUT2D eigenvalue weighted by atomic mass is 10.4. The zero-order valence-corrected chi connectivity index (χ0v) is 5.59. The Balaban J connectivity index is 3.68. The van der Waals surface area contributed by atoms with E-state index in [1.54, 1.807) is 26.3 Å². The minimum atomic E-state index is 0.634. The second kappa shape index (κ2) is 5.03. The highest BCUT2D eigenvalue weighted by Crippen LogP contribution is 1.79. The molecule has 0 aliphatic rings. The van der Waals surface area contributed by atoms with Crippen LogP contribution in [0.5, 0.6) is 0 Å². The number of rotatable bonds is 3. The van der Waals surface area contributed by atoms with Gasteiger partial charge in [0.1, 0.15) is 0 Å². The maximum atomic E-state index is 9.78. The average molecular weight is 126 g/mol. The molecule has 0 aromatic heterocycles. The van der Waals surface area contributed by atoms with E-state index in [0.717, 1.165) is 5.70 Å². The largest absolute Gasteiger partial charge is 0.333 e. The van der Waals surface area contributed by atoms with Gasteiger partial charge in [-0.25, -0.2) is 0 Å². The first-order valence-corrected chi connectivity index (χ1v) is 2.60. The van der Waals surface area contributed by atoms with Crippen LogP contribution in [-0.4, -0.2) is 19.7 Å². The number of carbonyl (C=O) groups excluding carboxylic acids is 1. The first kappa shape index (κ1) is 7.88. The van der Waals surface area contributed by atoms with Crippen LogP contribution >= 0.6 is 0 Å². The van der Waals surface area contributed by atoms with Gasteiger partial charge in [0.05, 0.1) is 0 Å². The van der Waals surface area contributed by atoms with Crippen molar-refractivity contribution in [3.8, 4) is 0 Å². The molecule has 0 saturated heterocycles. The molecule has 1 amide bonds. The first-order chi connectivity index (χ1) is 4.31. The molecule has 3 nitrogen and oxygen atoms in total. The fraction of sp³-hybridized carbons (Fsp3) is 0.333. The van der Waals surface area contributed by atoms with Crippen LogP contribution in [0.1, 0.15) is 6.92 Å². The highest BCUT2D eigenvalue weighted by Gasteiger charge is 1.78. The molecule has 1 N–H and O–H groups in total. The second-order valence-electron chi connectivity index (χ2n) is 1.52. The molecule has 0 aromatic carbocycles. The van der Waals surface area contributed by atoms with Crippen molar-refractivity contribution >= 4 is 12.6 Å². The monoisotopic (exact) mass is 126 g/mol. The summed E-state index contributed by atoms with van der Waals surface area (Å²) in [4.78, 5) is 13.5. The van der Waals surface area contributed by atoms with E-state index in [2.05, 4.69) is 10.3 Å². The number of carbonyl (C=O) groups is 1. The van der Waals surface area contributed by atoms with Gasteiger partial charge in [0.15, 0.2) is 0 Å².